The van der Waals surface area contributed by atoms with Crippen LogP contribution >= 0.6 is 0 Å². The number of aromatic carboxylic acids is 1. The molecule has 5 nitrogen and oxygen atoms in total. The van der Waals surface area contributed by atoms with Crippen molar-refractivity contribution >= 4 is 11.8 Å². The van der Waals surface area contributed by atoms with Crippen molar-refractivity contribution < 1.29 is 14.6 Å². The van der Waals surface area contributed by atoms with E-state index in [-0.39, 0.29) is 0 Å². The number of carboxylic acids is 1. The number of pyridine rings is 1. The second kappa shape index (κ2) is 6.02. The lowest BCUT2D eigenvalue weighted by atomic mass is 9.98. The lowest BCUT2D eigenvalue weighted by Gasteiger charge is -2.34. The molecule has 1 aliphatic heterocycles. The van der Waals surface area contributed by atoms with Crippen LogP contribution in [-0.2, 0) is 4.74 Å². The van der Waals surface area contributed by atoms with Crippen LogP contribution in [0.1, 0.15) is 28.8 Å². The number of aromatic nitrogens is 1. The van der Waals surface area contributed by atoms with E-state index in [1.807, 2.05) is 6.92 Å². The normalized spacial score (nSPS) is 19.5. The van der Waals surface area contributed by atoms with Gasteiger partial charge in [0.05, 0.1) is 6.61 Å². The standard InChI is InChI=1S/C14H20N2O3/c1-10-5-6-15-13(12(10)14(17)18)16-7-3-4-11(8-16)9-19-2/h5-6,11H,3-4,7-9H2,1-2H3,(H,17,18). The summed E-state index contributed by atoms with van der Waals surface area (Å²) in [6.07, 6.45) is 3.85. The fraction of sp³-hybridized carbons (Fsp3) is 0.571. The quantitative estimate of drug-likeness (QED) is 0.900. The van der Waals surface area contributed by atoms with Gasteiger partial charge >= 0.3 is 5.97 Å². The smallest absolute Gasteiger partial charge is 0.339 e. The number of methoxy groups -OCH3 is 1. The maximum atomic E-state index is 11.4. The van der Waals surface area contributed by atoms with E-state index in [4.69, 9.17) is 4.74 Å². The van der Waals surface area contributed by atoms with Crippen LogP contribution < -0.4 is 4.90 Å². The Labute approximate surface area is 113 Å². The predicted molar refractivity (Wildman–Crippen MR) is 72.7 cm³/mol. The Balaban J connectivity index is 2.26. The molecule has 0 radical (unpaired) electrons. The number of carbonyl (C=O) groups is 1. The first kappa shape index (κ1) is 13.8. The zero-order valence-corrected chi connectivity index (χ0v) is 11.4. The maximum Gasteiger partial charge on any atom is 0.339 e. The van der Waals surface area contributed by atoms with Crippen molar-refractivity contribution in [1.29, 1.82) is 0 Å². The van der Waals surface area contributed by atoms with Gasteiger partial charge in [-0.25, -0.2) is 9.78 Å². The average molecular weight is 264 g/mol. The number of nitrogens with zero attached hydrogens (tertiary/aromatic N) is 2. The predicted octanol–water partition coefficient (Wildman–Crippen LogP) is 1.95. The minimum absolute atomic E-state index is 0.320. The monoisotopic (exact) mass is 264 g/mol. The number of anilines is 1. The molecule has 1 saturated heterocycles. The van der Waals surface area contributed by atoms with Gasteiger partial charge < -0.3 is 14.7 Å². The number of rotatable bonds is 4. The van der Waals surface area contributed by atoms with Gasteiger partial charge in [-0.15, -0.1) is 0 Å². The van der Waals surface area contributed by atoms with Crippen LogP contribution in [0.5, 0.6) is 0 Å². The Bertz CT molecular complexity index is 460. The van der Waals surface area contributed by atoms with Crippen molar-refractivity contribution in [2.75, 3.05) is 31.7 Å². The largest absolute Gasteiger partial charge is 0.478 e. The van der Waals surface area contributed by atoms with Crippen molar-refractivity contribution in [1.82, 2.24) is 4.98 Å². The first-order chi connectivity index (χ1) is 9.13. The van der Waals surface area contributed by atoms with Gasteiger partial charge in [0.25, 0.3) is 0 Å². The zero-order chi connectivity index (χ0) is 13.8. The summed E-state index contributed by atoms with van der Waals surface area (Å²) in [5, 5.41) is 9.36. The maximum absolute atomic E-state index is 11.4. The Morgan fingerprint density at radius 3 is 3.11 bits per heavy atom. The molecule has 1 aromatic rings. The summed E-state index contributed by atoms with van der Waals surface area (Å²) in [4.78, 5) is 17.8. The molecule has 0 aliphatic carbocycles. The molecular formula is C14H20N2O3. The van der Waals surface area contributed by atoms with Gasteiger partial charge in [-0.1, -0.05) is 0 Å². The molecule has 0 aromatic carbocycles. The van der Waals surface area contributed by atoms with E-state index in [9.17, 15) is 9.90 Å². The first-order valence-corrected chi connectivity index (χ1v) is 6.56. The van der Waals surface area contributed by atoms with E-state index >= 15 is 0 Å². The van der Waals surface area contributed by atoms with E-state index in [1.54, 1.807) is 19.4 Å². The molecule has 2 rings (SSSR count). The number of ether oxygens (including phenoxy) is 1. The van der Waals surface area contributed by atoms with Crippen molar-refractivity contribution in [3.8, 4) is 0 Å². The van der Waals surface area contributed by atoms with E-state index < -0.39 is 5.97 Å². The van der Waals surface area contributed by atoms with Gasteiger partial charge in [-0.05, 0) is 37.3 Å². The van der Waals surface area contributed by atoms with Crippen LogP contribution in [0.2, 0.25) is 0 Å². The number of hydrogen-bond acceptors (Lipinski definition) is 4. The topological polar surface area (TPSA) is 62.7 Å². The highest BCUT2D eigenvalue weighted by Gasteiger charge is 2.25. The van der Waals surface area contributed by atoms with Gasteiger partial charge in [-0.2, -0.15) is 0 Å². The average Bonchev–Trinajstić information content (AvgIpc) is 2.38. The molecular weight excluding hydrogens is 244 g/mol. The van der Waals surface area contributed by atoms with E-state index in [0.717, 1.165) is 31.5 Å². The van der Waals surface area contributed by atoms with E-state index in [1.165, 1.54) is 0 Å². The number of hydrogen-bond donors (Lipinski definition) is 1. The zero-order valence-electron chi connectivity index (χ0n) is 11.4. The molecule has 5 heteroatoms. The van der Waals surface area contributed by atoms with Gasteiger partial charge in [-0.3, -0.25) is 0 Å². The molecule has 0 bridgehead atoms. The SMILES string of the molecule is COCC1CCCN(c2nccc(C)c2C(=O)O)C1. The Hall–Kier alpha value is -1.62. The van der Waals surface area contributed by atoms with Gasteiger partial charge in [0, 0.05) is 26.4 Å². The molecule has 0 spiro atoms. The first-order valence-electron chi connectivity index (χ1n) is 6.56. The molecule has 104 valence electrons. The second-order valence-corrected chi connectivity index (χ2v) is 5.04. The minimum Gasteiger partial charge on any atom is -0.478 e. The van der Waals surface area contributed by atoms with Crippen LogP contribution in [0.25, 0.3) is 0 Å². The fourth-order valence-electron chi connectivity index (χ4n) is 2.68. The van der Waals surface area contributed by atoms with Crippen LogP contribution in [-0.4, -0.2) is 42.9 Å². The Morgan fingerprint density at radius 2 is 2.42 bits per heavy atom. The number of carboxylic acid groups (broad SMARTS) is 1. The highest BCUT2D eigenvalue weighted by atomic mass is 16.5. The van der Waals surface area contributed by atoms with Crippen LogP contribution in [0.15, 0.2) is 12.3 Å². The van der Waals surface area contributed by atoms with Crippen LogP contribution in [0.3, 0.4) is 0 Å². The highest BCUT2D eigenvalue weighted by molar-refractivity contribution is 5.95. The molecule has 1 fully saturated rings. The molecule has 1 aromatic heterocycles. The van der Waals surface area contributed by atoms with Crippen LogP contribution in [0.4, 0.5) is 5.82 Å². The van der Waals surface area contributed by atoms with Crippen molar-refractivity contribution in [3.05, 3.63) is 23.4 Å². The summed E-state index contributed by atoms with van der Waals surface area (Å²) in [6.45, 7) is 4.19. The summed E-state index contributed by atoms with van der Waals surface area (Å²) < 4.78 is 5.20. The number of piperidine rings is 1. The molecule has 1 N–H and O–H groups in total. The Morgan fingerprint density at radius 1 is 1.63 bits per heavy atom. The third kappa shape index (κ3) is 3.04. The summed E-state index contributed by atoms with van der Waals surface area (Å²) >= 11 is 0. The van der Waals surface area contributed by atoms with Crippen molar-refractivity contribution in [2.24, 2.45) is 5.92 Å². The minimum atomic E-state index is -0.908. The molecule has 0 saturated carbocycles. The molecule has 1 atom stereocenters. The van der Waals surface area contributed by atoms with Crippen molar-refractivity contribution in [2.45, 2.75) is 19.8 Å². The van der Waals surface area contributed by atoms with E-state index in [2.05, 4.69) is 9.88 Å². The van der Waals surface area contributed by atoms with Gasteiger partial charge in [0.15, 0.2) is 0 Å². The second-order valence-electron chi connectivity index (χ2n) is 5.04. The molecule has 1 aliphatic rings. The fourth-order valence-corrected chi connectivity index (χ4v) is 2.68. The molecule has 19 heavy (non-hydrogen) atoms. The summed E-state index contributed by atoms with van der Waals surface area (Å²) in [5.41, 5.74) is 1.08. The number of aryl methyl sites for hydroxylation is 1. The molecule has 0 amide bonds. The third-order valence-electron chi connectivity index (χ3n) is 3.57. The summed E-state index contributed by atoms with van der Waals surface area (Å²) in [7, 11) is 1.70. The summed E-state index contributed by atoms with van der Waals surface area (Å²) in [5.74, 6) is 0.130. The van der Waals surface area contributed by atoms with Gasteiger partial charge in [0.2, 0.25) is 0 Å². The molecule has 1 unspecified atom stereocenters. The molecule has 2 heterocycles. The summed E-state index contributed by atoms with van der Waals surface area (Å²) in [6, 6.07) is 1.74. The highest BCUT2D eigenvalue weighted by Crippen LogP contribution is 2.26. The lowest BCUT2D eigenvalue weighted by molar-refractivity contribution is 0.0696. The lowest BCUT2D eigenvalue weighted by Crippen LogP contribution is -2.38. The van der Waals surface area contributed by atoms with E-state index in [0.29, 0.717) is 23.9 Å². The van der Waals surface area contributed by atoms with Gasteiger partial charge in [0.1, 0.15) is 11.4 Å². The van der Waals surface area contributed by atoms with Crippen LogP contribution in [0, 0.1) is 12.8 Å². The van der Waals surface area contributed by atoms with Crippen molar-refractivity contribution in [3.63, 3.8) is 0 Å². The Kier molecular flexibility index (Phi) is 4.37. The third-order valence-corrected chi connectivity index (χ3v) is 3.57.